The molecule has 1 aromatic carbocycles. The molecule has 1 aliphatic carbocycles. The fourth-order valence-electron chi connectivity index (χ4n) is 3.68. The first kappa shape index (κ1) is 19.8. The molecule has 0 unspecified atom stereocenters. The molecular weight excluding hydrogens is 412 g/mol. The van der Waals surface area contributed by atoms with Crippen LogP contribution in [0.5, 0.6) is 17.2 Å². The monoisotopic (exact) mass is 432 g/mol. The maximum Gasteiger partial charge on any atom is 0.260 e. The lowest BCUT2D eigenvalue weighted by atomic mass is 9.97. The average Bonchev–Trinajstić information content (AvgIpc) is 3.11. The Bertz CT molecular complexity index is 1140. The third-order valence-corrected chi connectivity index (χ3v) is 6.51. The van der Waals surface area contributed by atoms with Crippen LogP contribution in [0.4, 0.5) is 0 Å². The van der Waals surface area contributed by atoms with Gasteiger partial charge in [0.05, 0.1) is 31.7 Å². The summed E-state index contributed by atoms with van der Waals surface area (Å²) in [5.74, 6) is 1.88. The molecule has 0 aliphatic heterocycles. The summed E-state index contributed by atoms with van der Waals surface area (Å²) in [5.41, 5.74) is 1.75. The molecule has 0 bridgehead atoms. The summed E-state index contributed by atoms with van der Waals surface area (Å²) >= 11 is 8.12. The first-order valence-corrected chi connectivity index (χ1v) is 10.5. The second-order valence-electron chi connectivity index (χ2n) is 6.76. The lowest BCUT2D eigenvalue weighted by molar-refractivity contribution is 0.324. The van der Waals surface area contributed by atoms with Crippen LogP contribution in [0.1, 0.15) is 34.7 Å². The van der Waals surface area contributed by atoms with E-state index in [-0.39, 0.29) is 5.56 Å². The normalized spacial score (nSPS) is 14.0. The molecule has 1 aliphatic rings. The topological polar surface area (TPSA) is 73.4 Å². The molecule has 152 valence electrons. The molecule has 8 heteroatoms. The number of nitrogens with zero attached hydrogens (tertiary/aromatic N) is 1. The van der Waals surface area contributed by atoms with Gasteiger partial charge in [-0.2, -0.15) is 0 Å². The van der Waals surface area contributed by atoms with E-state index in [9.17, 15) is 4.79 Å². The second-order valence-corrected chi connectivity index (χ2v) is 8.25. The molecule has 2 aromatic heterocycles. The van der Waals surface area contributed by atoms with Gasteiger partial charge in [-0.05, 0) is 55.0 Å². The number of aryl methyl sites for hydroxylation is 2. The number of ether oxygens (including phenoxy) is 3. The van der Waals surface area contributed by atoms with Crippen LogP contribution in [0.3, 0.4) is 0 Å². The van der Waals surface area contributed by atoms with Crippen molar-refractivity contribution in [2.45, 2.75) is 25.7 Å². The van der Waals surface area contributed by atoms with Crippen LogP contribution < -0.4 is 19.8 Å². The van der Waals surface area contributed by atoms with E-state index in [0.717, 1.165) is 41.6 Å². The molecule has 0 spiro atoms. The van der Waals surface area contributed by atoms with Crippen molar-refractivity contribution in [2.75, 3.05) is 21.3 Å². The summed E-state index contributed by atoms with van der Waals surface area (Å²) in [7, 11) is 4.66. The molecule has 1 N–H and O–H groups in total. The van der Waals surface area contributed by atoms with Crippen molar-refractivity contribution in [2.24, 2.45) is 0 Å². The van der Waals surface area contributed by atoms with Crippen LogP contribution >= 0.6 is 22.9 Å². The predicted molar refractivity (Wildman–Crippen MR) is 117 cm³/mol. The van der Waals surface area contributed by atoms with Gasteiger partial charge >= 0.3 is 0 Å². The molecule has 0 atom stereocenters. The molecule has 0 amide bonds. The van der Waals surface area contributed by atoms with Crippen LogP contribution in [-0.4, -0.2) is 31.3 Å². The Morgan fingerprint density at radius 3 is 2.48 bits per heavy atom. The molecule has 0 saturated carbocycles. The highest BCUT2D eigenvalue weighted by Gasteiger charge is 2.20. The Morgan fingerprint density at radius 1 is 1.14 bits per heavy atom. The minimum absolute atomic E-state index is 0.138. The van der Waals surface area contributed by atoms with Crippen molar-refractivity contribution >= 4 is 44.3 Å². The minimum Gasteiger partial charge on any atom is -0.493 e. The molecular formula is C21H21ClN2O4S. The quantitative estimate of drug-likeness (QED) is 0.636. The van der Waals surface area contributed by atoms with E-state index in [1.165, 1.54) is 4.88 Å². The number of halogens is 1. The van der Waals surface area contributed by atoms with Gasteiger partial charge in [0, 0.05) is 4.88 Å². The van der Waals surface area contributed by atoms with Crippen LogP contribution in [0, 0.1) is 0 Å². The number of methoxy groups -OCH3 is 3. The van der Waals surface area contributed by atoms with Gasteiger partial charge in [-0.25, -0.2) is 4.98 Å². The zero-order valence-electron chi connectivity index (χ0n) is 16.4. The molecule has 4 rings (SSSR count). The summed E-state index contributed by atoms with van der Waals surface area (Å²) in [4.78, 5) is 22.2. The van der Waals surface area contributed by atoms with Crippen LogP contribution in [0.2, 0.25) is 0 Å². The number of hydrogen-bond acceptors (Lipinski definition) is 6. The number of fused-ring (bicyclic) bond motifs is 3. The zero-order chi connectivity index (χ0) is 20.5. The van der Waals surface area contributed by atoms with E-state index in [1.54, 1.807) is 50.9 Å². The van der Waals surface area contributed by atoms with Gasteiger partial charge < -0.3 is 19.2 Å². The van der Waals surface area contributed by atoms with E-state index in [4.69, 9.17) is 25.8 Å². The second kappa shape index (κ2) is 8.08. The van der Waals surface area contributed by atoms with E-state index in [2.05, 4.69) is 9.97 Å². The number of nitrogens with one attached hydrogen (secondary N) is 1. The number of benzene rings is 1. The fourth-order valence-corrected chi connectivity index (χ4v) is 5.15. The lowest BCUT2D eigenvalue weighted by Gasteiger charge is -2.13. The predicted octanol–water partition coefficient (Wildman–Crippen LogP) is 4.63. The van der Waals surface area contributed by atoms with Crippen LogP contribution in [-0.2, 0) is 12.8 Å². The smallest absolute Gasteiger partial charge is 0.260 e. The standard InChI is InChI=1S/C21H21ClN2O4S/c1-26-14-9-11(10-15(27-2)18(14)28-3)8-13(22)19-23-20(25)17-12-6-4-5-7-16(12)29-21(17)24-19/h8-10H,4-7H2,1-3H3,(H,23,24,25)/b13-8-. The number of rotatable bonds is 5. The van der Waals surface area contributed by atoms with E-state index < -0.39 is 0 Å². The SMILES string of the molecule is COc1cc(/C=C(\Cl)c2nc3sc4c(c3c(=O)[nH]2)CCCC4)cc(OC)c1OC. The van der Waals surface area contributed by atoms with Gasteiger partial charge in [0.15, 0.2) is 17.3 Å². The highest BCUT2D eigenvalue weighted by Crippen LogP contribution is 2.39. The molecule has 0 radical (unpaired) electrons. The Labute approximate surface area is 177 Å². The number of aromatic amines is 1. The molecule has 6 nitrogen and oxygen atoms in total. The van der Waals surface area contributed by atoms with Crippen molar-refractivity contribution in [1.82, 2.24) is 9.97 Å². The summed E-state index contributed by atoms with van der Waals surface area (Å²) in [6.45, 7) is 0. The van der Waals surface area contributed by atoms with Crippen molar-refractivity contribution in [1.29, 1.82) is 0 Å². The van der Waals surface area contributed by atoms with Crippen molar-refractivity contribution in [3.63, 3.8) is 0 Å². The highest BCUT2D eigenvalue weighted by molar-refractivity contribution is 7.18. The van der Waals surface area contributed by atoms with Gasteiger partial charge in [0.1, 0.15) is 4.83 Å². The first-order valence-electron chi connectivity index (χ1n) is 9.27. The van der Waals surface area contributed by atoms with E-state index >= 15 is 0 Å². The van der Waals surface area contributed by atoms with E-state index in [1.807, 2.05) is 0 Å². The largest absolute Gasteiger partial charge is 0.493 e. The summed E-state index contributed by atoms with van der Waals surface area (Å²) in [6, 6.07) is 3.56. The Balaban J connectivity index is 1.78. The third-order valence-electron chi connectivity index (χ3n) is 5.03. The molecule has 29 heavy (non-hydrogen) atoms. The van der Waals surface area contributed by atoms with Crippen molar-refractivity contribution < 1.29 is 14.2 Å². The molecule has 2 heterocycles. The molecule has 3 aromatic rings. The average molecular weight is 433 g/mol. The number of thiophene rings is 1. The van der Waals surface area contributed by atoms with Crippen LogP contribution in [0.15, 0.2) is 16.9 Å². The first-order chi connectivity index (χ1) is 14.0. The van der Waals surface area contributed by atoms with Gasteiger partial charge in [0.25, 0.3) is 5.56 Å². The maximum atomic E-state index is 12.7. The summed E-state index contributed by atoms with van der Waals surface area (Å²) in [6.07, 6.45) is 5.94. The van der Waals surface area contributed by atoms with Gasteiger partial charge in [0.2, 0.25) is 5.75 Å². The lowest BCUT2D eigenvalue weighted by Crippen LogP contribution is -2.12. The zero-order valence-corrected chi connectivity index (χ0v) is 18.0. The fraction of sp³-hybridized carbons (Fsp3) is 0.333. The highest BCUT2D eigenvalue weighted by atomic mass is 35.5. The van der Waals surface area contributed by atoms with Crippen molar-refractivity contribution in [3.8, 4) is 17.2 Å². The van der Waals surface area contributed by atoms with Gasteiger partial charge in [-0.1, -0.05) is 11.6 Å². The maximum absolute atomic E-state index is 12.7. The minimum atomic E-state index is -0.138. The summed E-state index contributed by atoms with van der Waals surface area (Å²) in [5, 5.41) is 1.04. The third kappa shape index (κ3) is 3.60. The number of hydrogen-bond donors (Lipinski definition) is 1. The van der Waals surface area contributed by atoms with Gasteiger partial charge in [-0.15, -0.1) is 11.3 Å². The molecule has 0 saturated heterocycles. The Morgan fingerprint density at radius 2 is 1.83 bits per heavy atom. The molecule has 0 fully saturated rings. The van der Waals surface area contributed by atoms with E-state index in [0.29, 0.717) is 33.5 Å². The van der Waals surface area contributed by atoms with Crippen molar-refractivity contribution in [3.05, 3.63) is 44.3 Å². The number of H-pyrrole nitrogens is 1. The van der Waals surface area contributed by atoms with Crippen LogP contribution in [0.25, 0.3) is 21.3 Å². The Kier molecular flexibility index (Phi) is 5.52. The summed E-state index contributed by atoms with van der Waals surface area (Å²) < 4.78 is 16.1. The Hall–Kier alpha value is -2.51. The van der Waals surface area contributed by atoms with Gasteiger partial charge in [-0.3, -0.25) is 4.79 Å². The number of aromatic nitrogens is 2.